The Balaban J connectivity index is 0.000000289. The number of allylic oxidation sites excluding steroid dienone is 3. The van der Waals surface area contributed by atoms with Gasteiger partial charge in [-0.25, -0.2) is 0 Å². The molecule has 5 aliphatic rings. The Bertz CT molecular complexity index is 741. The van der Waals surface area contributed by atoms with Crippen molar-refractivity contribution in [3.63, 3.8) is 0 Å². The summed E-state index contributed by atoms with van der Waals surface area (Å²) in [5.41, 5.74) is 5.10. The maximum Gasteiger partial charge on any atom is 0.172 e. The third-order valence-corrected chi connectivity index (χ3v) is 8.61. The van der Waals surface area contributed by atoms with Gasteiger partial charge in [-0.1, -0.05) is 18.6 Å². The van der Waals surface area contributed by atoms with Crippen molar-refractivity contribution in [2.45, 2.75) is 83.3 Å². The number of nitriles is 1. The van der Waals surface area contributed by atoms with Crippen LogP contribution < -0.4 is 0 Å². The molecule has 5 heteroatoms. The minimum absolute atomic E-state index is 0.217. The second-order valence-electron chi connectivity index (χ2n) is 10.3. The first-order chi connectivity index (χ1) is 15.1. The molecule has 1 heterocycles. The average molecular weight is 430 g/mol. The Morgan fingerprint density at radius 3 is 2.48 bits per heavy atom. The fourth-order valence-electron chi connectivity index (χ4n) is 6.91. The van der Waals surface area contributed by atoms with Crippen LogP contribution in [0.25, 0.3) is 0 Å². The second kappa shape index (κ2) is 9.75. The Labute approximate surface area is 187 Å². The van der Waals surface area contributed by atoms with Crippen LogP contribution in [0.5, 0.6) is 0 Å². The van der Waals surface area contributed by atoms with Gasteiger partial charge in [-0.05, 0) is 86.2 Å². The molecule has 0 aromatic carbocycles. The van der Waals surface area contributed by atoms with E-state index in [1.807, 2.05) is 0 Å². The second-order valence-corrected chi connectivity index (χ2v) is 10.3. The largest absolute Gasteiger partial charge is 0.396 e. The first-order valence-electron chi connectivity index (χ1n) is 12.4. The van der Waals surface area contributed by atoms with E-state index in [0.717, 1.165) is 64.6 Å². The van der Waals surface area contributed by atoms with Crippen molar-refractivity contribution in [2.24, 2.45) is 23.2 Å². The molecule has 4 atom stereocenters. The zero-order valence-corrected chi connectivity index (χ0v) is 19.1. The van der Waals surface area contributed by atoms with Crippen LogP contribution in [0, 0.1) is 34.5 Å². The number of aliphatic hydroxyl groups excluding tert-OH is 2. The van der Waals surface area contributed by atoms with Crippen LogP contribution in [0.15, 0.2) is 22.8 Å². The molecule has 172 valence electrons. The molecule has 31 heavy (non-hydrogen) atoms. The summed E-state index contributed by atoms with van der Waals surface area (Å²) in [6, 6.07) is 2.61. The van der Waals surface area contributed by atoms with Crippen molar-refractivity contribution in [3.8, 4) is 6.07 Å². The molecule has 0 amide bonds. The summed E-state index contributed by atoms with van der Waals surface area (Å²) >= 11 is 0. The Morgan fingerprint density at radius 2 is 1.81 bits per heavy atom. The fraction of sp³-hybridized carbons (Fsp3) is 0.808. The van der Waals surface area contributed by atoms with Gasteiger partial charge in [0.2, 0.25) is 0 Å². The van der Waals surface area contributed by atoms with E-state index in [9.17, 15) is 5.26 Å². The highest BCUT2D eigenvalue weighted by Crippen LogP contribution is 2.61. The highest BCUT2D eigenvalue weighted by Gasteiger charge is 2.53. The topological polar surface area (TPSA) is 82.7 Å². The van der Waals surface area contributed by atoms with Gasteiger partial charge in [-0.15, -0.1) is 0 Å². The molecule has 1 saturated heterocycles. The monoisotopic (exact) mass is 429 g/mol. The van der Waals surface area contributed by atoms with Gasteiger partial charge < -0.3 is 19.7 Å². The van der Waals surface area contributed by atoms with Crippen LogP contribution in [0.1, 0.15) is 77.6 Å². The van der Waals surface area contributed by atoms with Crippen LogP contribution in [0.3, 0.4) is 0 Å². The first kappa shape index (κ1) is 23.0. The molecule has 2 N–H and O–H groups in total. The van der Waals surface area contributed by atoms with E-state index in [1.165, 1.54) is 19.3 Å². The molecule has 0 radical (unpaired) electrons. The lowest BCUT2D eigenvalue weighted by molar-refractivity contribution is -0.164. The third kappa shape index (κ3) is 4.37. The highest BCUT2D eigenvalue weighted by atomic mass is 16.7. The minimum atomic E-state index is -0.297. The molecule has 0 bridgehead atoms. The maximum atomic E-state index is 9.56. The lowest BCUT2D eigenvalue weighted by Gasteiger charge is -2.48. The van der Waals surface area contributed by atoms with Crippen molar-refractivity contribution in [3.05, 3.63) is 22.8 Å². The van der Waals surface area contributed by atoms with Crippen molar-refractivity contribution in [1.82, 2.24) is 0 Å². The van der Waals surface area contributed by atoms with Crippen molar-refractivity contribution >= 4 is 0 Å². The summed E-state index contributed by atoms with van der Waals surface area (Å²) in [6.07, 6.45) is 14.1. The van der Waals surface area contributed by atoms with E-state index in [-0.39, 0.29) is 30.3 Å². The molecule has 0 aromatic heterocycles. The fourth-order valence-corrected chi connectivity index (χ4v) is 6.91. The quantitative estimate of drug-likeness (QED) is 0.636. The highest BCUT2D eigenvalue weighted by molar-refractivity contribution is 5.44. The van der Waals surface area contributed by atoms with Crippen LogP contribution in [-0.2, 0) is 9.47 Å². The van der Waals surface area contributed by atoms with Gasteiger partial charge in [0.05, 0.1) is 25.2 Å². The van der Waals surface area contributed by atoms with Crippen molar-refractivity contribution in [1.29, 1.82) is 5.26 Å². The summed E-state index contributed by atoms with van der Waals surface area (Å²) in [4.78, 5) is 0. The summed E-state index contributed by atoms with van der Waals surface area (Å²) < 4.78 is 11.9. The molecule has 1 spiro atoms. The number of aliphatic hydroxyl groups is 2. The zero-order valence-electron chi connectivity index (χ0n) is 19.1. The lowest BCUT2D eigenvalue weighted by atomic mass is 9.57. The number of rotatable bonds is 4. The molecule has 0 aromatic rings. The van der Waals surface area contributed by atoms with E-state index in [4.69, 9.17) is 19.7 Å². The molecular weight excluding hydrogens is 390 g/mol. The van der Waals surface area contributed by atoms with Gasteiger partial charge in [0.15, 0.2) is 5.79 Å². The summed E-state index contributed by atoms with van der Waals surface area (Å²) in [6.45, 7) is 4.39. The van der Waals surface area contributed by atoms with E-state index in [1.54, 1.807) is 16.7 Å². The number of unbranched alkanes of at least 4 members (excludes halogenated alkanes) is 2. The smallest absolute Gasteiger partial charge is 0.172 e. The molecule has 5 nitrogen and oxygen atoms in total. The molecule has 1 saturated carbocycles. The Morgan fingerprint density at radius 1 is 1.06 bits per heavy atom. The molecule has 2 fully saturated rings. The molecule has 5 rings (SSSR count). The van der Waals surface area contributed by atoms with Crippen LogP contribution in [0.4, 0.5) is 0 Å². The number of hydrogen-bond donors (Lipinski definition) is 2. The normalized spacial score (nSPS) is 35.4. The predicted molar refractivity (Wildman–Crippen MR) is 119 cm³/mol. The van der Waals surface area contributed by atoms with Gasteiger partial charge in [-0.3, -0.25) is 0 Å². The Kier molecular flexibility index (Phi) is 7.23. The number of nitrogens with zero attached hydrogens (tertiary/aromatic N) is 1. The third-order valence-electron chi connectivity index (χ3n) is 8.61. The van der Waals surface area contributed by atoms with Gasteiger partial charge in [0, 0.05) is 26.1 Å². The van der Waals surface area contributed by atoms with E-state index >= 15 is 0 Å². The summed E-state index contributed by atoms with van der Waals surface area (Å²) in [7, 11) is 0. The summed E-state index contributed by atoms with van der Waals surface area (Å²) in [5.74, 6) is 1.37. The standard InChI is InChI=1S/C21H27NO2.C5H12O2/c1-20-8-6-17-16-7-9-21(23-10-11-24-21)12-14(16)2-4-18(17)19(20)5-3-15(20)13-22;6-4-2-1-3-5-7/h6,15,18-19H,2-5,7-12H2,1H3;6-7H,1-5H2. The van der Waals surface area contributed by atoms with Crippen LogP contribution in [0.2, 0.25) is 0 Å². The van der Waals surface area contributed by atoms with Gasteiger partial charge in [-0.2, -0.15) is 5.26 Å². The Hall–Kier alpha value is -1.19. The molecule has 1 aliphatic heterocycles. The first-order valence-corrected chi connectivity index (χ1v) is 12.4. The molecule has 4 unspecified atom stereocenters. The van der Waals surface area contributed by atoms with E-state index in [0.29, 0.717) is 11.8 Å². The van der Waals surface area contributed by atoms with Gasteiger partial charge >= 0.3 is 0 Å². The van der Waals surface area contributed by atoms with E-state index < -0.39 is 0 Å². The number of fused-ring (bicyclic) bond motifs is 4. The zero-order chi connectivity index (χ0) is 21.9. The van der Waals surface area contributed by atoms with E-state index in [2.05, 4.69) is 19.1 Å². The van der Waals surface area contributed by atoms with Crippen molar-refractivity contribution in [2.75, 3.05) is 26.4 Å². The maximum absolute atomic E-state index is 9.56. The minimum Gasteiger partial charge on any atom is -0.396 e. The number of hydrogen-bond acceptors (Lipinski definition) is 5. The van der Waals surface area contributed by atoms with Gasteiger partial charge in [0.1, 0.15) is 0 Å². The van der Waals surface area contributed by atoms with Gasteiger partial charge in [0.25, 0.3) is 0 Å². The molecular formula is C26H39NO4. The molecule has 4 aliphatic carbocycles. The summed E-state index contributed by atoms with van der Waals surface area (Å²) in [5, 5.41) is 26.0. The lowest BCUT2D eigenvalue weighted by Crippen LogP contribution is -2.40. The predicted octanol–water partition coefficient (Wildman–Crippen LogP) is 4.65. The average Bonchev–Trinajstić information content (AvgIpc) is 3.37. The van der Waals surface area contributed by atoms with Crippen LogP contribution in [-0.4, -0.2) is 42.4 Å². The van der Waals surface area contributed by atoms with Crippen molar-refractivity contribution < 1.29 is 19.7 Å². The SMILES string of the molecule is CC12CC=C3C4=C(CCC3C1CCC2C#N)CC1(CC4)OCCO1.OCCCCCO. The number of ether oxygens (including phenoxy) is 2. The van der Waals surface area contributed by atoms with Crippen LogP contribution >= 0.6 is 0 Å².